The summed E-state index contributed by atoms with van der Waals surface area (Å²) < 4.78 is 10.5. The van der Waals surface area contributed by atoms with Crippen molar-refractivity contribution in [1.29, 1.82) is 0 Å². The summed E-state index contributed by atoms with van der Waals surface area (Å²) in [4.78, 5) is 25.3. The Hall–Kier alpha value is -2.24. The zero-order valence-corrected chi connectivity index (χ0v) is 13.1. The molecule has 120 valence electrons. The molecule has 1 aromatic carbocycles. The van der Waals surface area contributed by atoms with Gasteiger partial charge in [-0.2, -0.15) is 0 Å². The maximum absolute atomic E-state index is 11.9. The Morgan fingerprint density at radius 3 is 2.82 bits per heavy atom. The van der Waals surface area contributed by atoms with E-state index in [1.807, 2.05) is 18.2 Å². The normalized spacial score (nSPS) is 12.1. The van der Waals surface area contributed by atoms with Crippen LogP contribution in [0.4, 0.5) is 0 Å². The van der Waals surface area contributed by atoms with Crippen LogP contribution in [0, 0.1) is 0 Å². The van der Waals surface area contributed by atoms with Crippen molar-refractivity contribution in [3.05, 3.63) is 23.8 Å². The van der Waals surface area contributed by atoms with E-state index in [1.165, 1.54) is 0 Å². The summed E-state index contributed by atoms with van der Waals surface area (Å²) in [6.45, 7) is 3.34. The van der Waals surface area contributed by atoms with E-state index in [9.17, 15) is 9.59 Å². The number of ether oxygens (including phenoxy) is 2. The molecular weight excluding hydrogens is 284 g/mol. The van der Waals surface area contributed by atoms with E-state index < -0.39 is 0 Å². The summed E-state index contributed by atoms with van der Waals surface area (Å²) >= 11 is 0. The van der Waals surface area contributed by atoms with Crippen LogP contribution in [0.3, 0.4) is 0 Å². The van der Waals surface area contributed by atoms with Gasteiger partial charge in [0.2, 0.25) is 18.6 Å². The van der Waals surface area contributed by atoms with Crippen LogP contribution in [0.25, 0.3) is 0 Å². The van der Waals surface area contributed by atoms with Gasteiger partial charge in [0, 0.05) is 20.1 Å². The third kappa shape index (κ3) is 4.38. The van der Waals surface area contributed by atoms with Crippen molar-refractivity contribution in [2.45, 2.75) is 32.7 Å². The van der Waals surface area contributed by atoms with Crippen molar-refractivity contribution in [3.8, 4) is 11.5 Å². The number of amides is 2. The van der Waals surface area contributed by atoms with Gasteiger partial charge in [-0.25, -0.2) is 0 Å². The van der Waals surface area contributed by atoms with Gasteiger partial charge in [-0.1, -0.05) is 19.4 Å². The number of carbonyl (C=O) groups excluding carboxylic acids is 2. The molecule has 22 heavy (non-hydrogen) atoms. The molecule has 0 unspecified atom stereocenters. The van der Waals surface area contributed by atoms with Crippen molar-refractivity contribution >= 4 is 11.8 Å². The Kier molecular flexibility index (Phi) is 5.63. The van der Waals surface area contributed by atoms with E-state index >= 15 is 0 Å². The number of nitrogens with one attached hydrogen (secondary N) is 1. The first kappa shape index (κ1) is 16.1. The second kappa shape index (κ2) is 7.68. The lowest BCUT2D eigenvalue weighted by Crippen LogP contribution is -2.33. The molecule has 2 rings (SSSR count). The van der Waals surface area contributed by atoms with E-state index in [1.54, 1.807) is 11.9 Å². The number of fused-ring (bicyclic) bond motifs is 1. The van der Waals surface area contributed by atoms with E-state index in [-0.39, 0.29) is 25.0 Å². The van der Waals surface area contributed by atoms with Crippen molar-refractivity contribution in [3.63, 3.8) is 0 Å². The zero-order valence-electron chi connectivity index (χ0n) is 13.1. The van der Waals surface area contributed by atoms with Crippen LogP contribution in [0.5, 0.6) is 11.5 Å². The Balaban J connectivity index is 1.76. The summed E-state index contributed by atoms with van der Waals surface area (Å²) in [5.41, 5.74) is 0.907. The van der Waals surface area contributed by atoms with E-state index in [0.29, 0.717) is 24.6 Å². The third-order valence-corrected chi connectivity index (χ3v) is 3.51. The molecule has 0 aliphatic carbocycles. The van der Waals surface area contributed by atoms with E-state index in [0.717, 1.165) is 18.4 Å². The van der Waals surface area contributed by atoms with Crippen LogP contribution in [0.2, 0.25) is 0 Å². The minimum absolute atomic E-state index is 0.120. The lowest BCUT2D eigenvalue weighted by atomic mass is 10.2. The number of nitrogens with zero attached hydrogens (tertiary/aromatic N) is 1. The van der Waals surface area contributed by atoms with Crippen LogP contribution in [0.1, 0.15) is 31.7 Å². The molecule has 0 spiro atoms. The highest BCUT2D eigenvalue weighted by molar-refractivity contribution is 5.96. The second-order valence-corrected chi connectivity index (χ2v) is 5.31. The number of unbranched alkanes of at least 4 members (excludes halogenated alkanes) is 1. The van der Waals surface area contributed by atoms with E-state index in [2.05, 4.69) is 12.2 Å². The van der Waals surface area contributed by atoms with Gasteiger partial charge >= 0.3 is 0 Å². The quantitative estimate of drug-likeness (QED) is 0.778. The Bertz CT molecular complexity index is 545. The van der Waals surface area contributed by atoms with Gasteiger partial charge < -0.3 is 19.7 Å². The van der Waals surface area contributed by atoms with Crippen molar-refractivity contribution in [2.75, 3.05) is 20.4 Å². The minimum atomic E-state index is -0.272. The summed E-state index contributed by atoms with van der Waals surface area (Å²) in [5.74, 6) is 0.965. The summed E-state index contributed by atoms with van der Waals surface area (Å²) in [5, 5.41) is 2.75. The highest BCUT2D eigenvalue weighted by atomic mass is 16.7. The fourth-order valence-electron chi connectivity index (χ4n) is 2.11. The molecule has 1 heterocycles. The van der Waals surface area contributed by atoms with Crippen LogP contribution in [-0.4, -0.2) is 37.1 Å². The smallest absolute Gasteiger partial charge is 0.231 e. The highest BCUT2D eigenvalue weighted by Crippen LogP contribution is 2.32. The molecule has 1 N–H and O–H groups in total. The first-order valence-electron chi connectivity index (χ1n) is 7.49. The van der Waals surface area contributed by atoms with Gasteiger partial charge in [-0.15, -0.1) is 0 Å². The largest absolute Gasteiger partial charge is 0.454 e. The fourth-order valence-corrected chi connectivity index (χ4v) is 2.11. The molecule has 1 aliphatic rings. The first-order valence-corrected chi connectivity index (χ1v) is 7.49. The molecule has 1 aliphatic heterocycles. The Labute approximate surface area is 130 Å². The van der Waals surface area contributed by atoms with Gasteiger partial charge in [0.15, 0.2) is 11.5 Å². The number of benzene rings is 1. The highest BCUT2D eigenvalue weighted by Gasteiger charge is 2.15. The van der Waals surface area contributed by atoms with Crippen LogP contribution < -0.4 is 14.8 Å². The molecule has 0 saturated heterocycles. The standard InChI is InChI=1S/C16H22N2O4/c1-3-4-7-18(2)16(20)9-15(19)17-10-12-5-6-13-14(8-12)22-11-21-13/h5-6,8H,3-4,7,9-11H2,1-2H3,(H,17,19). The number of hydrogen-bond donors (Lipinski definition) is 1. The summed E-state index contributed by atoms with van der Waals surface area (Å²) in [7, 11) is 1.73. The molecule has 0 fully saturated rings. The monoisotopic (exact) mass is 306 g/mol. The van der Waals surface area contributed by atoms with Gasteiger partial charge in [0.25, 0.3) is 0 Å². The lowest BCUT2D eigenvalue weighted by Gasteiger charge is -2.16. The van der Waals surface area contributed by atoms with Crippen LogP contribution >= 0.6 is 0 Å². The molecule has 1 aromatic rings. The zero-order chi connectivity index (χ0) is 15.9. The summed E-state index contributed by atoms with van der Waals surface area (Å²) in [6.07, 6.45) is 1.85. The number of carbonyl (C=O) groups is 2. The molecule has 0 bridgehead atoms. The van der Waals surface area contributed by atoms with Crippen molar-refractivity contribution < 1.29 is 19.1 Å². The number of hydrogen-bond acceptors (Lipinski definition) is 4. The Morgan fingerprint density at radius 1 is 1.27 bits per heavy atom. The second-order valence-electron chi connectivity index (χ2n) is 5.31. The third-order valence-electron chi connectivity index (χ3n) is 3.51. The molecular formula is C16H22N2O4. The minimum Gasteiger partial charge on any atom is -0.454 e. The van der Waals surface area contributed by atoms with E-state index in [4.69, 9.17) is 9.47 Å². The lowest BCUT2D eigenvalue weighted by molar-refractivity contribution is -0.135. The molecule has 0 saturated carbocycles. The number of rotatable bonds is 7. The molecule has 0 aromatic heterocycles. The van der Waals surface area contributed by atoms with Crippen LogP contribution in [0.15, 0.2) is 18.2 Å². The maximum atomic E-state index is 11.9. The summed E-state index contributed by atoms with van der Waals surface area (Å²) in [6, 6.07) is 5.51. The van der Waals surface area contributed by atoms with Gasteiger partial charge in [-0.05, 0) is 24.1 Å². The topological polar surface area (TPSA) is 67.9 Å². The first-order chi connectivity index (χ1) is 10.6. The molecule has 6 nitrogen and oxygen atoms in total. The fraction of sp³-hybridized carbons (Fsp3) is 0.500. The van der Waals surface area contributed by atoms with Gasteiger partial charge in [0.1, 0.15) is 6.42 Å². The molecule has 6 heteroatoms. The van der Waals surface area contributed by atoms with Crippen LogP contribution in [-0.2, 0) is 16.1 Å². The SMILES string of the molecule is CCCCN(C)C(=O)CC(=O)NCc1ccc2c(c1)OCO2. The van der Waals surface area contributed by atoms with Crippen molar-refractivity contribution in [2.24, 2.45) is 0 Å². The predicted octanol–water partition coefficient (Wildman–Crippen LogP) is 1.68. The molecule has 0 radical (unpaired) electrons. The van der Waals surface area contributed by atoms with Crippen molar-refractivity contribution in [1.82, 2.24) is 10.2 Å². The maximum Gasteiger partial charge on any atom is 0.231 e. The molecule has 0 atom stereocenters. The average Bonchev–Trinajstić information content (AvgIpc) is 2.98. The molecule has 2 amide bonds. The Morgan fingerprint density at radius 2 is 2.05 bits per heavy atom. The average molecular weight is 306 g/mol. The van der Waals surface area contributed by atoms with Gasteiger partial charge in [0.05, 0.1) is 0 Å². The predicted molar refractivity (Wildman–Crippen MR) is 81.6 cm³/mol. The van der Waals surface area contributed by atoms with Gasteiger partial charge in [-0.3, -0.25) is 9.59 Å².